The zero-order valence-corrected chi connectivity index (χ0v) is 11.6. The van der Waals surface area contributed by atoms with Gasteiger partial charge in [0.25, 0.3) is 0 Å². The van der Waals surface area contributed by atoms with Crippen LogP contribution >= 0.6 is 0 Å². The van der Waals surface area contributed by atoms with Crippen molar-refractivity contribution in [2.45, 2.75) is 52.2 Å². The van der Waals surface area contributed by atoms with Crippen LogP contribution in [0.2, 0.25) is 0 Å². The van der Waals surface area contributed by atoms with Gasteiger partial charge in [0.15, 0.2) is 0 Å². The Balaban J connectivity index is 2.16. The highest BCUT2D eigenvalue weighted by Crippen LogP contribution is 2.27. The topological polar surface area (TPSA) is 65.7 Å². The molecule has 1 fully saturated rings. The van der Waals surface area contributed by atoms with Gasteiger partial charge in [-0.2, -0.15) is 0 Å². The van der Waals surface area contributed by atoms with Gasteiger partial charge < -0.3 is 10.2 Å². The van der Waals surface area contributed by atoms with Crippen molar-refractivity contribution in [3.05, 3.63) is 23.0 Å². The van der Waals surface area contributed by atoms with E-state index in [9.17, 15) is 10.2 Å². The first-order valence-corrected chi connectivity index (χ1v) is 6.93. The molecule has 0 unspecified atom stereocenters. The lowest BCUT2D eigenvalue weighted by molar-refractivity contribution is 0.280. The molecule has 0 aliphatic heterocycles. The molecule has 0 saturated heterocycles. The van der Waals surface area contributed by atoms with E-state index in [4.69, 9.17) is 0 Å². The maximum atomic E-state index is 10.0. The summed E-state index contributed by atoms with van der Waals surface area (Å²) >= 11 is 0. The number of hydrogen-bond acceptors (Lipinski definition) is 4. The summed E-state index contributed by atoms with van der Waals surface area (Å²) in [6.45, 7) is 3.89. The quantitative estimate of drug-likeness (QED) is 0.823. The Bertz CT molecular complexity index is 463. The normalized spacial score (nSPS) is 23.9. The third kappa shape index (κ3) is 3.32. The van der Waals surface area contributed by atoms with Gasteiger partial charge in [0.2, 0.25) is 0 Å². The zero-order chi connectivity index (χ0) is 13.8. The number of aliphatic hydroxyl groups is 1. The molecule has 0 spiro atoms. The van der Waals surface area contributed by atoms with Gasteiger partial charge in [-0.25, -0.2) is 0 Å². The van der Waals surface area contributed by atoms with Crippen molar-refractivity contribution in [2.75, 3.05) is 0 Å². The average Bonchev–Trinajstić information content (AvgIpc) is 2.42. The molecule has 1 heterocycles. The minimum absolute atomic E-state index is 0.125. The van der Waals surface area contributed by atoms with Crippen molar-refractivity contribution in [1.29, 1.82) is 0 Å². The van der Waals surface area contributed by atoms with E-state index in [-0.39, 0.29) is 12.4 Å². The van der Waals surface area contributed by atoms with Crippen LogP contribution in [0.4, 0.5) is 0 Å². The maximum Gasteiger partial charge on any atom is 0.145 e. The summed E-state index contributed by atoms with van der Waals surface area (Å²) in [6.07, 6.45) is 7.95. The molecular formula is C15H22N2O2. The van der Waals surface area contributed by atoms with E-state index >= 15 is 0 Å². The van der Waals surface area contributed by atoms with Crippen LogP contribution in [0.3, 0.4) is 0 Å². The third-order valence-electron chi connectivity index (χ3n) is 3.93. The minimum Gasteiger partial charge on any atom is -0.505 e. The first-order valence-electron chi connectivity index (χ1n) is 6.93. The standard InChI is InChI=1S/C15H22N2O2/c1-10-3-5-13(6-4-10)17-8-14-12(9-18)7-16-11(2)15(14)19/h7-8,10,13,18-19H,3-6,9H2,1-2H3. The Kier molecular flexibility index (Phi) is 4.53. The number of aryl methyl sites for hydroxylation is 1. The van der Waals surface area contributed by atoms with Gasteiger partial charge in [0, 0.05) is 29.6 Å². The minimum atomic E-state index is -0.135. The van der Waals surface area contributed by atoms with Crippen LogP contribution in [0.15, 0.2) is 11.2 Å². The summed E-state index contributed by atoms with van der Waals surface area (Å²) in [6, 6.07) is 0.343. The predicted octanol–water partition coefficient (Wildman–Crippen LogP) is 2.59. The Morgan fingerprint density at radius 1 is 1.37 bits per heavy atom. The second kappa shape index (κ2) is 6.15. The number of pyridine rings is 1. The molecule has 2 rings (SSSR count). The Labute approximate surface area is 114 Å². The SMILES string of the molecule is Cc1ncc(CO)c(C=NC2CCC(C)CC2)c1O. The molecule has 1 saturated carbocycles. The molecule has 0 aromatic carbocycles. The smallest absolute Gasteiger partial charge is 0.145 e. The van der Waals surface area contributed by atoms with E-state index in [1.54, 1.807) is 19.3 Å². The number of hydrogen-bond donors (Lipinski definition) is 2. The van der Waals surface area contributed by atoms with Crippen LogP contribution < -0.4 is 0 Å². The van der Waals surface area contributed by atoms with Gasteiger partial charge in [-0.15, -0.1) is 0 Å². The van der Waals surface area contributed by atoms with E-state index in [0.29, 0.717) is 22.9 Å². The van der Waals surface area contributed by atoms with E-state index in [1.807, 2.05) is 0 Å². The molecule has 19 heavy (non-hydrogen) atoms. The van der Waals surface area contributed by atoms with E-state index in [1.165, 1.54) is 12.8 Å². The fourth-order valence-corrected chi connectivity index (χ4v) is 2.49. The highest BCUT2D eigenvalue weighted by Gasteiger charge is 2.17. The van der Waals surface area contributed by atoms with Gasteiger partial charge in [-0.3, -0.25) is 9.98 Å². The highest BCUT2D eigenvalue weighted by atomic mass is 16.3. The molecule has 0 bridgehead atoms. The number of aliphatic hydroxyl groups excluding tert-OH is 1. The molecule has 1 aliphatic carbocycles. The number of nitrogens with zero attached hydrogens (tertiary/aromatic N) is 2. The molecule has 1 aromatic rings. The van der Waals surface area contributed by atoms with Crippen LogP contribution in [0.25, 0.3) is 0 Å². The van der Waals surface area contributed by atoms with E-state index in [2.05, 4.69) is 16.9 Å². The lowest BCUT2D eigenvalue weighted by atomic mass is 9.88. The van der Waals surface area contributed by atoms with E-state index < -0.39 is 0 Å². The van der Waals surface area contributed by atoms with Crippen molar-refractivity contribution >= 4 is 6.21 Å². The zero-order valence-electron chi connectivity index (χ0n) is 11.6. The highest BCUT2D eigenvalue weighted by molar-refractivity contribution is 5.85. The number of aromatic nitrogens is 1. The van der Waals surface area contributed by atoms with Crippen LogP contribution in [-0.4, -0.2) is 27.5 Å². The molecule has 0 radical (unpaired) electrons. The first-order chi connectivity index (χ1) is 9.11. The van der Waals surface area contributed by atoms with Crippen molar-refractivity contribution in [3.8, 4) is 5.75 Å². The third-order valence-corrected chi connectivity index (χ3v) is 3.93. The van der Waals surface area contributed by atoms with Crippen LogP contribution in [0, 0.1) is 12.8 Å². The number of aromatic hydroxyl groups is 1. The fourth-order valence-electron chi connectivity index (χ4n) is 2.49. The van der Waals surface area contributed by atoms with Crippen molar-refractivity contribution in [3.63, 3.8) is 0 Å². The van der Waals surface area contributed by atoms with Gasteiger partial charge in [-0.05, 0) is 38.5 Å². The lowest BCUT2D eigenvalue weighted by Crippen LogP contribution is -2.15. The van der Waals surface area contributed by atoms with Gasteiger partial charge in [0.1, 0.15) is 5.75 Å². The molecule has 4 heteroatoms. The first kappa shape index (κ1) is 14.0. The number of rotatable bonds is 3. The Morgan fingerprint density at radius 3 is 2.68 bits per heavy atom. The lowest BCUT2D eigenvalue weighted by Gasteiger charge is -2.23. The second-order valence-electron chi connectivity index (χ2n) is 5.48. The van der Waals surface area contributed by atoms with E-state index in [0.717, 1.165) is 18.8 Å². The van der Waals surface area contributed by atoms with Crippen molar-refractivity contribution in [2.24, 2.45) is 10.9 Å². The summed E-state index contributed by atoms with van der Waals surface area (Å²) in [5, 5.41) is 19.3. The van der Waals surface area contributed by atoms with Gasteiger partial charge >= 0.3 is 0 Å². The molecule has 1 aromatic heterocycles. The summed E-state index contributed by atoms with van der Waals surface area (Å²) < 4.78 is 0. The van der Waals surface area contributed by atoms with Crippen molar-refractivity contribution < 1.29 is 10.2 Å². The Hall–Kier alpha value is -1.42. The van der Waals surface area contributed by atoms with Crippen molar-refractivity contribution in [1.82, 2.24) is 4.98 Å². The summed E-state index contributed by atoms with van der Waals surface area (Å²) in [5.74, 6) is 0.926. The second-order valence-corrected chi connectivity index (χ2v) is 5.48. The van der Waals surface area contributed by atoms with Gasteiger partial charge in [0.05, 0.1) is 12.3 Å². The van der Waals surface area contributed by atoms with Crippen LogP contribution in [0.1, 0.15) is 49.4 Å². The summed E-state index contributed by atoms with van der Waals surface area (Å²) in [5.41, 5.74) is 1.79. The summed E-state index contributed by atoms with van der Waals surface area (Å²) in [4.78, 5) is 8.62. The molecular weight excluding hydrogens is 240 g/mol. The number of aliphatic imine (C=N–C) groups is 1. The molecule has 0 amide bonds. The average molecular weight is 262 g/mol. The molecule has 0 atom stereocenters. The fraction of sp³-hybridized carbons (Fsp3) is 0.600. The molecule has 104 valence electrons. The summed E-state index contributed by atoms with van der Waals surface area (Å²) in [7, 11) is 0. The molecule has 1 aliphatic rings. The molecule has 4 nitrogen and oxygen atoms in total. The monoisotopic (exact) mass is 262 g/mol. The van der Waals surface area contributed by atoms with Crippen LogP contribution in [-0.2, 0) is 6.61 Å². The van der Waals surface area contributed by atoms with Crippen LogP contribution in [0.5, 0.6) is 5.75 Å². The maximum absolute atomic E-state index is 10.0. The predicted molar refractivity (Wildman–Crippen MR) is 75.6 cm³/mol. The van der Waals surface area contributed by atoms with Gasteiger partial charge in [-0.1, -0.05) is 6.92 Å². The molecule has 2 N–H and O–H groups in total. The largest absolute Gasteiger partial charge is 0.505 e. The Morgan fingerprint density at radius 2 is 2.05 bits per heavy atom.